The SMILES string of the molecule is CCCCCNC(=S)N/N=C\c1ccc(OC)c(OC)c1. The maximum atomic E-state index is 5.24. The van der Waals surface area contributed by atoms with E-state index < -0.39 is 0 Å². The third-order valence-electron chi connectivity index (χ3n) is 2.85. The molecule has 1 aromatic rings. The lowest BCUT2D eigenvalue weighted by molar-refractivity contribution is 0.355. The molecule has 1 aromatic carbocycles. The summed E-state index contributed by atoms with van der Waals surface area (Å²) >= 11 is 5.13. The molecule has 0 fully saturated rings. The van der Waals surface area contributed by atoms with Gasteiger partial charge in [0, 0.05) is 6.54 Å². The highest BCUT2D eigenvalue weighted by atomic mass is 32.1. The molecular formula is C15H23N3O2S. The van der Waals surface area contributed by atoms with Gasteiger partial charge in [0.15, 0.2) is 16.6 Å². The Morgan fingerprint density at radius 1 is 1.24 bits per heavy atom. The molecule has 0 atom stereocenters. The number of ether oxygens (including phenoxy) is 2. The number of unbranched alkanes of at least 4 members (excludes halogenated alkanes) is 2. The number of thiocarbonyl (C=S) groups is 1. The molecule has 0 amide bonds. The molecule has 5 nitrogen and oxygen atoms in total. The molecule has 0 heterocycles. The van der Waals surface area contributed by atoms with Crippen LogP contribution in [-0.4, -0.2) is 32.1 Å². The molecule has 0 saturated carbocycles. The molecule has 0 aliphatic rings. The van der Waals surface area contributed by atoms with Crippen molar-refractivity contribution in [2.45, 2.75) is 26.2 Å². The first-order chi connectivity index (χ1) is 10.2. The lowest BCUT2D eigenvalue weighted by Crippen LogP contribution is -2.32. The quantitative estimate of drug-likeness (QED) is 0.335. The van der Waals surface area contributed by atoms with E-state index in [4.69, 9.17) is 21.7 Å². The van der Waals surface area contributed by atoms with Gasteiger partial charge in [0.25, 0.3) is 0 Å². The zero-order valence-electron chi connectivity index (χ0n) is 12.8. The standard InChI is InChI=1S/C15H23N3O2S/c1-4-5-6-9-16-15(21)18-17-11-12-7-8-13(19-2)14(10-12)20-3/h7-8,10-11H,4-6,9H2,1-3H3,(H2,16,18,21)/b17-11-. The van der Waals surface area contributed by atoms with Gasteiger partial charge >= 0.3 is 0 Å². The molecule has 0 aliphatic heterocycles. The van der Waals surface area contributed by atoms with Gasteiger partial charge in [0.2, 0.25) is 0 Å². The fraction of sp³-hybridized carbons (Fsp3) is 0.467. The van der Waals surface area contributed by atoms with Crippen molar-refractivity contribution in [2.75, 3.05) is 20.8 Å². The van der Waals surface area contributed by atoms with Crippen molar-refractivity contribution in [3.63, 3.8) is 0 Å². The Balaban J connectivity index is 2.44. The van der Waals surface area contributed by atoms with Gasteiger partial charge in [-0.05, 0) is 42.4 Å². The van der Waals surface area contributed by atoms with E-state index in [9.17, 15) is 0 Å². The third kappa shape index (κ3) is 6.44. The molecule has 116 valence electrons. The summed E-state index contributed by atoms with van der Waals surface area (Å²) in [4.78, 5) is 0. The average molecular weight is 309 g/mol. The van der Waals surface area contributed by atoms with Crippen LogP contribution in [0.1, 0.15) is 31.7 Å². The third-order valence-corrected chi connectivity index (χ3v) is 3.09. The van der Waals surface area contributed by atoms with Crippen molar-refractivity contribution in [2.24, 2.45) is 5.10 Å². The van der Waals surface area contributed by atoms with Gasteiger partial charge < -0.3 is 14.8 Å². The van der Waals surface area contributed by atoms with E-state index >= 15 is 0 Å². The van der Waals surface area contributed by atoms with Crippen molar-refractivity contribution in [3.05, 3.63) is 23.8 Å². The number of nitrogens with zero attached hydrogens (tertiary/aromatic N) is 1. The van der Waals surface area contributed by atoms with Crippen LogP contribution in [0.15, 0.2) is 23.3 Å². The highest BCUT2D eigenvalue weighted by Crippen LogP contribution is 2.26. The van der Waals surface area contributed by atoms with Gasteiger partial charge in [-0.15, -0.1) is 0 Å². The smallest absolute Gasteiger partial charge is 0.186 e. The Hall–Kier alpha value is -1.82. The predicted octanol–water partition coefficient (Wildman–Crippen LogP) is 2.69. The lowest BCUT2D eigenvalue weighted by atomic mass is 10.2. The van der Waals surface area contributed by atoms with Gasteiger partial charge in [0.1, 0.15) is 0 Å². The zero-order valence-corrected chi connectivity index (χ0v) is 13.6. The first-order valence-electron chi connectivity index (χ1n) is 7.00. The van der Waals surface area contributed by atoms with E-state index in [-0.39, 0.29) is 0 Å². The molecule has 0 aliphatic carbocycles. The Labute approximate surface area is 131 Å². The van der Waals surface area contributed by atoms with Crippen LogP contribution in [0.5, 0.6) is 11.5 Å². The summed E-state index contributed by atoms with van der Waals surface area (Å²) < 4.78 is 10.4. The van der Waals surface area contributed by atoms with Gasteiger partial charge in [0.05, 0.1) is 20.4 Å². The first kappa shape index (κ1) is 17.2. The first-order valence-corrected chi connectivity index (χ1v) is 7.41. The number of hydrogen-bond donors (Lipinski definition) is 2. The van der Waals surface area contributed by atoms with E-state index in [1.165, 1.54) is 12.8 Å². The van der Waals surface area contributed by atoms with Crippen LogP contribution in [0, 0.1) is 0 Å². The number of methoxy groups -OCH3 is 2. The normalized spacial score (nSPS) is 10.4. The van der Waals surface area contributed by atoms with Gasteiger partial charge in [-0.2, -0.15) is 5.10 Å². The van der Waals surface area contributed by atoms with Crippen LogP contribution in [0.4, 0.5) is 0 Å². The van der Waals surface area contributed by atoms with Crippen molar-refractivity contribution in [3.8, 4) is 11.5 Å². The van der Waals surface area contributed by atoms with Crippen LogP contribution in [0.3, 0.4) is 0 Å². The monoisotopic (exact) mass is 309 g/mol. The van der Waals surface area contributed by atoms with Crippen LogP contribution in [0.25, 0.3) is 0 Å². The minimum Gasteiger partial charge on any atom is -0.493 e. The second-order valence-corrected chi connectivity index (χ2v) is 4.86. The number of hydrogen-bond acceptors (Lipinski definition) is 4. The molecule has 6 heteroatoms. The van der Waals surface area contributed by atoms with Gasteiger partial charge in [-0.1, -0.05) is 19.8 Å². The van der Waals surface area contributed by atoms with E-state index in [0.717, 1.165) is 18.5 Å². The molecule has 0 aromatic heterocycles. The van der Waals surface area contributed by atoms with Crippen LogP contribution in [0.2, 0.25) is 0 Å². The maximum Gasteiger partial charge on any atom is 0.186 e. The summed E-state index contributed by atoms with van der Waals surface area (Å²) in [5.74, 6) is 1.36. The highest BCUT2D eigenvalue weighted by molar-refractivity contribution is 7.80. The van der Waals surface area contributed by atoms with E-state index in [2.05, 4.69) is 22.8 Å². The van der Waals surface area contributed by atoms with Crippen LogP contribution in [-0.2, 0) is 0 Å². The fourth-order valence-electron chi connectivity index (χ4n) is 1.72. The molecule has 0 spiro atoms. The summed E-state index contributed by atoms with van der Waals surface area (Å²) in [6, 6.07) is 5.58. The van der Waals surface area contributed by atoms with Crippen molar-refractivity contribution in [1.29, 1.82) is 0 Å². The summed E-state index contributed by atoms with van der Waals surface area (Å²) in [7, 11) is 3.21. The molecule has 0 saturated heterocycles. The second kappa shape index (κ2) is 9.99. The van der Waals surface area contributed by atoms with Crippen molar-refractivity contribution >= 4 is 23.5 Å². The predicted molar refractivity (Wildman–Crippen MR) is 90.4 cm³/mol. The average Bonchev–Trinajstić information content (AvgIpc) is 2.51. The molecule has 1 rings (SSSR count). The fourth-order valence-corrected chi connectivity index (χ4v) is 1.87. The van der Waals surface area contributed by atoms with Crippen molar-refractivity contribution in [1.82, 2.24) is 10.7 Å². The van der Waals surface area contributed by atoms with Crippen molar-refractivity contribution < 1.29 is 9.47 Å². The highest BCUT2D eigenvalue weighted by Gasteiger charge is 2.02. The molecular weight excluding hydrogens is 286 g/mol. The molecule has 0 unspecified atom stereocenters. The second-order valence-electron chi connectivity index (χ2n) is 4.45. The van der Waals surface area contributed by atoms with Gasteiger partial charge in [-0.25, -0.2) is 0 Å². The minimum atomic E-state index is 0.530. The summed E-state index contributed by atoms with van der Waals surface area (Å²) in [6.07, 6.45) is 5.18. The Bertz CT molecular complexity index is 478. The molecule has 2 N–H and O–H groups in total. The number of rotatable bonds is 8. The van der Waals surface area contributed by atoms with E-state index in [1.54, 1.807) is 20.4 Å². The maximum absolute atomic E-state index is 5.24. The topological polar surface area (TPSA) is 54.9 Å². The Morgan fingerprint density at radius 2 is 2.00 bits per heavy atom. The van der Waals surface area contributed by atoms with Crippen LogP contribution < -0.4 is 20.2 Å². The molecule has 21 heavy (non-hydrogen) atoms. The minimum absolute atomic E-state index is 0.530. The number of benzene rings is 1. The molecule has 0 bridgehead atoms. The Morgan fingerprint density at radius 3 is 2.67 bits per heavy atom. The van der Waals surface area contributed by atoms with Crippen LogP contribution >= 0.6 is 12.2 Å². The number of hydrazone groups is 1. The zero-order chi connectivity index (χ0) is 15.5. The Kier molecular flexibility index (Phi) is 8.19. The summed E-state index contributed by atoms with van der Waals surface area (Å²) in [5, 5.41) is 7.73. The largest absolute Gasteiger partial charge is 0.493 e. The lowest BCUT2D eigenvalue weighted by Gasteiger charge is -2.08. The molecule has 0 radical (unpaired) electrons. The van der Waals surface area contributed by atoms with E-state index in [0.29, 0.717) is 16.6 Å². The summed E-state index contributed by atoms with van der Waals surface area (Å²) in [5.41, 5.74) is 3.69. The van der Waals surface area contributed by atoms with E-state index in [1.807, 2.05) is 18.2 Å². The number of nitrogens with one attached hydrogen (secondary N) is 2. The van der Waals surface area contributed by atoms with Gasteiger partial charge in [-0.3, -0.25) is 5.43 Å². The summed E-state index contributed by atoms with van der Waals surface area (Å²) in [6.45, 7) is 3.04.